The van der Waals surface area contributed by atoms with Crippen molar-refractivity contribution in [3.05, 3.63) is 0 Å². The van der Waals surface area contributed by atoms with E-state index < -0.39 is 12.1 Å². The van der Waals surface area contributed by atoms with E-state index in [0.717, 1.165) is 0 Å². The Hall–Kier alpha value is -0.570. The fraction of sp³-hybridized carbons (Fsp3) is 0.857. The lowest BCUT2D eigenvalue weighted by molar-refractivity contribution is -0.145. The van der Waals surface area contributed by atoms with Crippen molar-refractivity contribution in [2.75, 3.05) is 0 Å². The van der Waals surface area contributed by atoms with E-state index in [1.54, 1.807) is 0 Å². The second kappa shape index (κ2) is 8.43. The Morgan fingerprint density at radius 1 is 1.40 bits per heavy atom. The summed E-state index contributed by atoms with van der Waals surface area (Å²) in [6.45, 7) is 5.56. The largest absolute Gasteiger partial charge is 0.479 e. The molecule has 62 valence electrons. The molecule has 0 amide bonds. The molecule has 0 saturated heterocycles. The molecule has 0 aromatic heterocycles. The average Bonchev–Trinajstić information content (AvgIpc) is 1.89. The van der Waals surface area contributed by atoms with Gasteiger partial charge in [0.05, 0.1) is 0 Å². The summed E-state index contributed by atoms with van der Waals surface area (Å²) in [5.41, 5.74) is 0. The molecule has 3 nitrogen and oxygen atoms in total. The highest BCUT2D eigenvalue weighted by atomic mass is 16.4. The van der Waals surface area contributed by atoms with Gasteiger partial charge in [0, 0.05) is 0 Å². The number of carboxylic acid groups (broad SMARTS) is 1. The molecule has 0 bridgehead atoms. The second-order valence-corrected chi connectivity index (χ2v) is 2.01. The number of aliphatic carboxylic acids is 1. The van der Waals surface area contributed by atoms with E-state index in [-0.39, 0.29) is 0 Å². The molecule has 1 unspecified atom stereocenters. The minimum Gasteiger partial charge on any atom is -0.479 e. The summed E-state index contributed by atoms with van der Waals surface area (Å²) in [7, 11) is 0. The van der Waals surface area contributed by atoms with Gasteiger partial charge in [0.25, 0.3) is 0 Å². The van der Waals surface area contributed by atoms with Crippen LogP contribution in [0.25, 0.3) is 0 Å². The Morgan fingerprint density at radius 2 is 1.60 bits per heavy atom. The zero-order valence-corrected chi connectivity index (χ0v) is 6.79. The van der Waals surface area contributed by atoms with Gasteiger partial charge in [0.2, 0.25) is 0 Å². The number of unbranched alkanes of at least 4 members (excludes halogenated alkanes) is 1. The third kappa shape index (κ3) is 15.7. The van der Waals surface area contributed by atoms with Crippen LogP contribution in [0.3, 0.4) is 0 Å². The molecule has 0 heterocycles. The first-order valence-corrected chi connectivity index (χ1v) is 3.47. The third-order valence-corrected chi connectivity index (χ3v) is 0.857. The van der Waals surface area contributed by atoms with E-state index in [1.807, 2.05) is 0 Å². The highest BCUT2D eigenvalue weighted by Crippen LogP contribution is 1.76. The number of hydrogen-bond acceptors (Lipinski definition) is 2. The molecular formula is C7H16O3. The van der Waals surface area contributed by atoms with Crippen LogP contribution in [-0.2, 0) is 4.79 Å². The first-order valence-electron chi connectivity index (χ1n) is 3.47. The van der Waals surface area contributed by atoms with Gasteiger partial charge in [-0.05, 0) is 6.92 Å². The molecule has 0 fully saturated rings. The summed E-state index contributed by atoms with van der Waals surface area (Å²) < 4.78 is 0. The van der Waals surface area contributed by atoms with Gasteiger partial charge in [-0.3, -0.25) is 0 Å². The SMILES string of the molecule is CC(O)C(=O)O.CCCC. The first kappa shape index (κ1) is 12.1. The summed E-state index contributed by atoms with van der Waals surface area (Å²) in [5, 5.41) is 15.8. The van der Waals surface area contributed by atoms with Crippen LogP contribution < -0.4 is 0 Å². The van der Waals surface area contributed by atoms with Gasteiger partial charge in [-0.25, -0.2) is 4.79 Å². The van der Waals surface area contributed by atoms with Crippen LogP contribution in [0.5, 0.6) is 0 Å². The summed E-state index contributed by atoms with van der Waals surface area (Å²) in [5.74, 6) is -1.19. The molecular weight excluding hydrogens is 132 g/mol. The van der Waals surface area contributed by atoms with Crippen LogP contribution in [0.15, 0.2) is 0 Å². The van der Waals surface area contributed by atoms with E-state index in [2.05, 4.69) is 13.8 Å². The van der Waals surface area contributed by atoms with Crippen molar-refractivity contribution in [1.82, 2.24) is 0 Å². The number of aliphatic hydroxyl groups excluding tert-OH is 1. The Kier molecular flexibility index (Phi) is 10.2. The smallest absolute Gasteiger partial charge is 0.332 e. The number of hydrogen-bond donors (Lipinski definition) is 2. The molecule has 0 rings (SSSR count). The predicted molar refractivity (Wildman–Crippen MR) is 39.9 cm³/mol. The molecule has 1 atom stereocenters. The lowest BCUT2D eigenvalue weighted by Gasteiger charge is -1.89. The van der Waals surface area contributed by atoms with Crippen molar-refractivity contribution in [2.45, 2.75) is 39.7 Å². The zero-order chi connectivity index (χ0) is 8.57. The lowest BCUT2D eigenvalue weighted by Crippen LogP contribution is -2.13. The van der Waals surface area contributed by atoms with Crippen LogP contribution in [0.2, 0.25) is 0 Å². The fourth-order valence-electron chi connectivity index (χ4n) is 0. The highest BCUT2D eigenvalue weighted by Gasteiger charge is 2.01. The van der Waals surface area contributed by atoms with Crippen LogP contribution in [-0.4, -0.2) is 22.3 Å². The van der Waals surface area contributed by atoms with Crippen LogP contribution in [0, 0.1) is 0 Å². The van der Waals surface area contributed by atoms with E-state index >= 15 is 0 Å². The molecule has 0 radical (unpaired) electrons. The summed E-state index contributed by atoms with van der Waals surface area (Å²) >= 11 is 0. The third-order valence-electron chi connectivity index (χ3n) is 0.857. The second-order valence-electron chi connectivity index (χ2n) is 2.01. The molecule has 10 heavy (non-hydrogen) atoms. The van der Waals surface area contributed by atoms with Crippen molar-refractivity contribution in [3.63, 3.8) is 0 Å². The standard InChI is InChI=1S/C4H10.C3H6O3/c1-3-4-2;1-2(4)3(5)6/h3-4H2,1-2H3;2,4H,1H3,(H,5,6). The molecule has 0 aliphatic rings. The van der Waals surface area contributed by atoms with Gasteiger partial charge in [0.1, 0.15) is 6.10 Å². The quantitative estimate of drug-likeness (QED) is 0.619. The average molecular weight is 148 g/mol. The fourth-order valence-corrected chi connectivity index (χ4v) is 0. The maximum absolute atomic E-state index is 9.45. The number of carbonyl (C=O) groups is 1. The number of carboxylic acids is 1. The Bertz CT molecular complexity index is 76.9. The monoisotopic (exact) mass is 148 g/mol. The normalized spacial score (nSPS) is 11.2. The molecule has 3 heteroatoms. The van der Waals surface area contributed by atoms with Gasteiger partial charge in [0.15, 0.2) is 0 Å². The number of rotatable bonds is 2. The topological polar surface area (TPSA) is 57.5 Å². The van der Waals surface area contributed by atoms with Crippen molar-refractivity contribution in [1.29, 1.82) is 0 Å². The van der Waals surface area contributed by atoms with Crippen LogP contribution >= 0.6 is 0 Å². The maximum Gasteiger partial charge on any atom is 0.332 e. The van der Waals surface area contributed by atoms with Gasteiger partial charge < -0.3 is 10.2 Å². The molecule has 0 aromatic carbocycles. The lowest BCUT2D eigenvalue weighted by atomic mass is 10.4. The van der Waals surface area contributed by atoms with E-state index in [1.165, 1.54) is 19.8 Å². The molecule has 0 aliphatic heterocycles. The van der Waals surface area contributed by atoms with Crippen LogP contribution in [0.1, 0.15) is 33.6 Å². The molecule has 0 aliphatic carbocycles. The Balaban J connectivity index is 0. The van der Waals surface area contributed by atoms with Crippen molar-refractivity contribution in [2.24, 2.45) is 0 Å². The van der Waals surface area contributed by atoms with Gasteiger partial charge >= 0.3 is 5.97 Å². The minimum atomic E-state index is -1.23. The molecule has 2 N–H and O–H groups in total. The highest BCUT2D eigenvalue weighted by molar-refractivity contribution is 5.71. The summed E-state index contributed by atoms with van der Waals surface area (Å²) in [4.78, 5) is 9.45. The van der Waals surface area contributed by atoms with Gasteiger partial charge in [-0.15, -0.1) is 0 Å². The van der Waals surface area contributed by atoms with Crippen molar-refractivity contribution >= 4 is 5.97 Å². The maximum atomic E-state index is 9.45. The Morgan fingerprint density at radius 3 is 1.60 bits per heavy atom. The van der Waals surface area contributed by atoms with E-state index in [9.17, 15) is 4.79 Å². The molecule has 0 spiro atoms. The van der Waals surface area contributed by atoms with Gasteiger partial charge in [-0.2, -0.15) is 0 Å². The van der Waals surface area contributed by atoms with Crippen LogP contribution in [0.4, 0.5) is 0 Å². The molecule has 0 aromatic rings. The van der Waals surface area contributed by atoms with E-state index in [0.29, 0.717) is 0 Å². The molecule has 0 saturated carbocycles. The summed E-state index contributed by atoms with van der Waals surface area (Å²) in [6.07, 6.45) is 1.41. The first-order chi connectivity index (χ1) is 4.56. The van der Waals surface area contributed by atoms with Crippen molar-refractivity contribution in [3.8, 4) is 0 Å². The van der Waals surface area contributed by atoms with Crippen molar-refractivity contribution < 1.29 is 15.0 Å². The minimum absolute atomic E-state index is 1.19. The number of aliphatic hydroxyl groups is 1. The predicted octanol–water partition coefficient (Wildman–Crippen LogP) is 1.26. The Labute approximate surface area is 61.7 Å². The summed E-state index contributed by atoms with van der Waals surface area (Å²) in [6, 6.07) is 0. The van der Waals surface area contributed by atoms with Gasteiger partial charge in [-0.1, -0.05) is 26.7 Å². The van der Waals surface area contributed by atoms with E-state index in [4.69, 9.17) is 10.2 Å². The zero-order valence-electron chi connectivity index (χ0n) is 6.79.